The molecule has 1 heterocycles. The highest BCUT2D eigenvalue weighted by Gasteiger charge is 2.20. The van der Waals surface area contributed by atoms with E-state index in [1.807, 2.05) is 0 Å². The lowest BCUT2D eigenvalue weighted by Crippen LogP contribution is -2.24. The van der Waals surface area contributed by atoms with E-state index in [4.69, 9.17) is 9.84 Å². The van der Waals surface area contributed by atoms with E-state index in [0.717, 1.165) is 39.1 Å². The molecule has 0 radical (unpaired) electrons. The molecule has 14 heavy (non-hydrogen) atoms. The minimum atomic E-state index is 0.346. The van der Waals surface area contributed by atoms with Crippen LogP contribution in [0.4, 0.5) is 0 Å². The van der Waals surface area contributed by atoms with Gasteiger partial charge in [-0.1, -0.05) is 0 Å². The monoisotopic (exact) mass is 201 g/mol. The maximum absolute atomic E-state index is 8.98. The second-order valence-electron chi connectivity index (χ2n) is 4.41. The highest BCUT2D eigenvalue weighted by Crippen LogP contribution is 2.15. The first-order chi connectivity index (χ1) is 6.72. The second kappa shape index (κ2) is 6.38. The zero-order valence-corrected chi connectivity index (χ0v) is 9.41. The molecule has 1 saturated heterocycles. The zero-order valence-electron chi connectivity index (χ0n) is 9.41. The molecule has 1 rings (SSSR count). The van der Waals surface area contributed by atoms with Crippen LogP contribution in [0.25, 0.3) is 0 Å². The summed E-state index contributed by atoms with van der Waals surface area (Å²) in [6.07, 6.45) is 2.61. The van der Waals surface area contributed by atoms with Crippen LogP contribution in [0.3, 0.4) is 0 Å². The summed E-state index contributed by atoms with van der Waals surface area (Å²) in [5.74, 6) is 0.515. The SMILES string of the molecule is CC(C)OCCCN1CCC(CO)C1. The Balaban J connectivity index is 1.97. The largest absolute Gasteiger partial charge is 0.396 e. The number of rotatable bonds is 6. The lowest BCUT2D eigenvalue weighted by atomic mass is 10.1. The van der Waals surface area contributed by atoms with Gasteiger partial charge < -0.3 is 14.7 Å². The van der Waals surface area contributed by atoms with Gasteiger partial charge in [0.2, 0.25) is 0 Å². The molecule has 84 valence electrons. The van der Waals surface area contributed by atoms with Gasteiger partial charge in [-0.15, -0.1) is 0 Å². The van der Waals surface area contributed by atoms with Crippen molar-refractivity contribution in [2.24, 2.45) is 5.92 Å². The number of aliphatic hydroxyl groups excluding tert-OH is 1. The molecule has 1 fully saturated rings. The van der Waals surface area contributed by atoms with Crippen molar-refractivity contribution >= 4 is 0 Å². The van der Waals surface area contributed by atoms with E-state index in [1.165, 1.54) is 0 Å². The van der Waals surface area contributed by atoms with Gasteiger partial charge in [0.05, 0.1) is 6.10 Å². The smallest absolute Gasteiger partial charge is 0.0518 e. The Morgan fingerprint density at radius 3 is 2.86 bits per heavy atom. The van der Waals surface area contributed by atoms with Crippen LogP contribution in [-0.2, 0) is 4.74 Å². The van der Waals surface area contributed by atoms with Crippen LogP contribution in [0.15, 0.2) is 0 Å². The number of hydrogen-bond acceptors (Lipinski definition) is 3. The maximum atomic E-state index is 8.98. The maximum Gasteiger partial charge on any atom is 0.0518 e. The molecule has 0 aromatic carbocycles. The van der Waals surface area contributed by atoms with Crippen molar-refractivity contribution in [2.75, 3.05) is 32.8 Å². The number of ether oxygens (including phenoxy) is 1. The third-order valence-electron chi connectivity index (χ3n) is 2.70. The zero-order chi connectivity index (χ0) is 10.4. The van der Waals surface area contributed by atoms with Gasteiger partial charge in [0, 0.05) is 26.3 Å². The lowest BCUT2D eigenvalue weighted by Gasteiger charge is -2.15. The molecule has 0 amide bonds. The Morgan fingerprint density at radius 2 is 2.29 bits per heavy atom. The first-order valence-electron chi connectivity index (χ1n) is 5.67. The van der Waals surface area contributed by atoms with E-state index in [2.05, 4.69) is 18.7 Å². The van der Waals surface area contributed by atoms with Gasteiger partial charge in [-0.05, 0) is 39.2 Å². The van der Waals surface area contributed by atoms with Crippen molar-refractivity contribution in [2.45, 2.75) is 32.8 Å². The summed E-state index contributed by atoms with van der Waals surface area (Å²) in [6.45, 7) is 8.67. The van der Waals surface area contributed by atoms with Gasteiger partial charge in [-0.25, -0.2) is 0 Å². The van der Waals surface area contributed by atoms with Gasteiger partial charge in [0.15, 0.2) is 0 Å². The van der Waals surface area contributed by atoms with E-state index >= 15 is 0 Å². The average molecular weight is 201 g/mol. The highest BCUT2D eigenvalue weighted by atomic mass is 16.5. The quantitative estimate of drug-likeness (QED) is 0.654. The summed E-state index contributed by atoms with van der Waals surface area (Å²) in [5, 5.41) is 8.98. The summed E-state index contributed by atoms with van der Waals surface area (Å²) in [5.41, 5.74) is 0. The molecule has 1 unspecified atom stereocenters. The van der Waals surface area contributed by atoms with Crippen molar-refractivity contribution in [1.29, 1.82) is 0 Å². The molecule has 0 bridgehead atoms. The standard InChI is InChI=1S/C11H23NO2/c1-10(2)14-7-3-5-12-6-4-11(8-12)9-13/h10-11,13H,3-9H2,1-2H3. The Bertz CT molecular complexity index is 150. The van der Waals surface area contributed by atoms with Crippen LogP contribution < -0.4 is 0 Å². The summed E-state index contributed by atoms with van der Waals surface area (Å²) in [6, 6.07) is 0. The van der Waals surface area contributed by atoms with E-state index in [1.54, 1.807) is 0 Å². The highest BCUT2D eigenvalue weighted by molar-refractivity contribution is 4.74. The Morgan fingerprint density at radius 1 is 1.50 bits per heavy atom. The van der Waals surface area contributed by atoms with Gasteiger partial charge in [0.1, 0.15) is 0 Å². The van der Waals surface area contributed by atoms with Crippen LogP contribution in [0.5, 0.6) is 0 Å². The summed E-state index contributed by atoms with van der Waals surface area (Å²) in [4.78, 5) is 2.42. The number of hydrogen-bond donors (Lipinski definition) is 1. The lowest BCUT2D eigenvalue weighted by molar-refractivity contribution is 0.0716. The first-order valence-corrected chi connectivity index (χ1v) is 5.67. The van der Waals surface area contributed by atoms with Crippen LogP contribution in [0, 0.1) is 5.92 Å². The fourth-order valence-corrected chi connectivity index (χ4v) is 1.87. The number of nitrogens with zero attached hydrogens (tertiary/aromatic N) is 1. The predicted molar refractivity (Wildman–Crippen MR) is 57.3 cm³/mol. The second-order valence-corrected chi connectivity index (χ2v) is 4.41. The summed E-state index contributed by atoms with van der Waals surface area (Å²) >= 11 is 0. The van der Waals surface area contributed by atoms with Crippen molar-refractivity contribution in [3.8, 4) is 0 Å². The number of likely N-dealkylation sites (tertiary alicyclic amines) is 1. The van der Waals surface area contributed by atoms with E-state index < -0.39 is 0 Å². The van der Waals surface area contributed by atoms with Crippen molar-refractivity contribution in [1.82, 2.24) is 4.90 Å². The minimum absolute atomic E-state index is 0.346. The van der Waals surface area contributed by atoms with Crippen molar-refractivity contribution in [3.63, 3.8) is 0 Å². The molecular formula is C11H23NO2. The fourth-order valence-electron chi connectivity index (χ4n) is 1.87. The van der Waals surface area contributed by atoms with Crippen molar-refractivity contribution in [3.05, 3.63) is 0 Å². The minimum Gasteiger partial charge on any atom is -0.396 e. The summed E-state index contributed by atoms with van der Waals surface area (Å²) < 4.78 is 5.48. The Hall–Kier alpha value is -0.120. The molecule has 0 aliphatic carbocycles. The van der Waals surface area contributed by atoms with Gasteiger partial charge in [-0.2, -0.15) is 0 Å². The van der Waals surface area contributed by atoms with E-state index in [-0.39, 0.29) is 0 Å². The first kappa shape index (κ1) is 12.0. The Labute approximate surface area is 87.1 Å². The molecule has 3 heteroatoms. The molecular weight excluding hydrogens is 178 g/mol. The van der Waals surface area contributed by atoms with Crippen LogP contribution >= 0.6 is 0 Å². The third kappa shape index (κ3) is 4.40. The summed E-state index contributed by atoms with van der Waals surface area (Å²) in [7, 11) is 0. The fraction of sp³-hybridized carbons (Fsp3) is 1.00. The van der Waals surface area contributed by atoms with Gasteiger partial charge >= 0.3 is 0 Å². The van der Waals surface area contributed by atoms with Gasteiger partial charge in [0.25, 0.3) is 0 Å². The molecule has 0 spiro atoms. The van der Waals surface area contributed by atoms with Crippen LogP contribution in [0.2, 0.25) is 0 Å². The van der Waals surface area contributed by atoms with Gasteiger partial charge in [-0.3, -0.25) is 0 Å². The topological polar surface area (TPSA) is 32.7 Å². The normalized spacial score (nSPS) is 23.6. The van der Waals surface area contributed by atoms with Crippen LogP contribution in [-0.4, -0.2) is 49.0 Å². The average Bonchev–Trinajstić information content (AvgIpc) is 2.60. The Kier molecular flexibility index (Phi) is 5.45. The molecule has 0 saturated carbocycles. The van der Waals surface area contributed by atoms with E-state index in [0.29, 0.717) is 18.6 Å². The molecule has 1 aliphatic rings. The van der Waals surface area contributed by atoms with Crippen LogP contribution in [0.1, 0.15) is 26.7 Å². The molecule has 1 atom stereocenters. The molecule has 1 N–H and O–H groups in total. The predicted octanol–water partition coefficient (Wildman–Crippen LogP) is 1.12. The molecule has 3 nitrogen and oxygen atoms in total. The van der Waals surface area contributed by atoms with E-state index in [9.17, 15) is 0 Å². The molecule has 0 aromatic rings. The van der Waals surface area contributed by atoms with Crippen molar-refractivity contribution < 1.29 is 9.84 Å². The number of aliphatic hydroxyl groups is 1. The molecule has 1 aliphatic heterocycles. The molecule has 0 aromatic heterocycles. The third-order valence-corrected chi connectivity index (χ3v) is 2.70.